The number of nitrogens with zero attached hydrogens (tertiary/aromatic N) is 2. The first kappa shape index (κ1) is 13.5. The van der Waals surface area contributed by atoms with Gasteiger partial charge in [-0.1, -0.05) is 11.3 Å². The zero-order valence-corrected chi connectivity index (χ0v) is 10.8. The van der Waals surface area contributed by atoms with E-state index in [4.69, 9.17) is 5.11 Å². The summed E-state index contributed by atoms with van der Waals surface area (Å²) < 4.78 is 0. The molecule has 1 aliphatic heterocycles. The number of thiophene rings is 1. The van der Waals surface area contributed by atoms with Crippen molar-refractivity contribution in [3.05, 3.63) is 27.1 Å². The van der Waals surface area contributed by atoms with E-state index in [-0.39, 0.29) is 10.9 Å². The third-order valence-corrected chi connectivity index (χ3v) is 4.02. The highest BCUT2D eigenvalue weighted by atomic mass is 32.1. The Morgan fingerprint density at radius 1 is 1.42 bits per heavy atom. The predicted octanol–water partition coefficient (Wildman–Crippen LogP) is 1.59. The van der Waals surface area contributed by atoms with E-state index in [1.807, 2.05) is 0 Å². The molecule has 19 heavy (non-hydrogen) atoms. The van der Waals surface area contributed by atoms with Crippen LogP contribution in [0.3, 0.4) is 0 Å². The fourth-order valence-electron chi connectivity index (χ4n) is 2.04. The van der Waals surface area contributed by atoms with Gasteiger partial charge in [-0.25, -0.2) is 0 Å². The number of carbonyl (C=O) groups is 2. The minimum atomic E-state index is -0.835. The summed E-state index contributed by atoms with van der Waals surface area (Å²) in [6, 6.07) is 1.26. The summed E-state index contributed by atoms with van der Waals surface area (Å²) in [6.07, 6.45) is 0.848. The van der Waals surface area contributed by atoms with Gasteiger partial charge in [0.25, 0.3) is 5.91 Å². The lowest BCUT2D eigenvalue weighted by Gasteiger charge is -2.29. The van der Waals surface area contributed by atoms with Crippen LogP contribution in [0.15, 0.2) is 11.4 Å². The Kier molecular flexibility index (Phi) is 3.79. The molecule has 1 fully saturated rings. The molecule has 0 aromatic carbocycles. The van der Waals surface area contributed by atoms with Crippen LogP contribution >= 0.6 is 11.3 Å². The molecule has 0 spiro atoms. The largest absolute Gasteiger partial charge is 0.481 e. The van der Waals surface area contributed by atoms with Crippen molar-refractivity contribution in [3.63, 3.8) is 0 Å². The first-order valence-corrected chi connectivity index (χ1v) is 6.62. The first-order chi connectivity index (χ1) is 8.99. The quantitative estimate of drug-likeness (QED) is 0.671. The number of carbonyl (C=O) groups excluding carboxylic acids is 1. The van der Waals surface area contributed by atoms with E-state index >= 15 is 0 Å². The molecule has 8 heteroatoms. The molecular formula is C11H12N2O5S. The summed E-state index contributed by atoms with van der Waals surface area (Å²) in [5.74, 6) is -1.51. The molecular weight excluding hydrogens is 272 g/mol. The Balaban J connectivity index is 2.01. The lowest BCUT2D eigenvalue weighted by molar-refractivity contribution is -0.380. The summed E-state index contributed by atoms with van der Waals surface area (Å²) in [5, 5.41) is 20.8. The SMILES string of the molecule is O=C(O)C1CCN(C(=O)c2csc([N+](=O)[O-])c2)CC1. The number of aliphatic carboxylic acids is 1. The van der Waals surface area contributed by atoms with Crippen LogP contribution in [0.25, 0.3) is 0 Å². The monoisotopic (exact) mass is 284 g/mol. The minimum absolute atomic E-state index is 0.0660. The van der Waals surface area contributed by atoms with Crippen molar-refractivity contribution in [3.8, 4) is 0 Å². The van der Waals surface area contributed by atoms with Gasteiger partial charge in [-0.05, 0) is 12.8 Å². The Bertz CT molecular complexity index is 519. The minimum Gasteiger partial charge on any atom is -0.481 e. The second kappa shape index (κ2) is 5.35. The van der Waals surface area contributed by atoms with Crippen LogP contribution in [0.5, 0.6) is 0 Å². The molecule has 1 saturated heterocycles. The number of carboxylic acid groups (broad SMARTS) is 1. The van der Waals surface area contributed by atoms with Gasteiger partial charge >= 0.3 is 11.0 Å². The van der Waals surface area contributed by atoms with Crippen molar-refractivity contribution in [2.24, 2.45) is 5.92 Å². The van der Waals surface area contributed by atoms with Crippen molar-refractivity contribution in [2.45, 2.75) is 12.8 Å². The third-order valence-electron chi connectivity index (χ3n) is 3.14. The normalized spacial score (nSPS) is 16.3. The zero-order chi connectivity index (χ0) is 14.0. The van der Waals surface area contributed by atoms with E-state index < -0.39 is 16.8 Å². The smallest absolute Gasteiger partial charge is 0.324 e. The van der Waals surface area contributed by atoms with Crippen molar-refractivity contribution in [1.82, 2.24) is 4.90 Å². The fraction of sp³-hybridized carbons (Fsp3) is 0.455. The third kappa shape index (κ3) is 2.90. The lowest BCUT2D eigenvalue weighted by Crippen LogP contribution is -2.40. The van der Waals surface area contributed by atoms with Gasteiger partial charge in [0.2, 0.25) is 0 Å². The molecule has 0 aliphatic carbocycles. The molecule has 1 N–H and O–H groups in total. The van der Waals surface area contributed by atoms with Crippen LogP contribution in [0.4, 0.5) is 5.00 Å². The standard InChI is InChI=1S/C11H12N2O5S/c14-10(8-5-9(13(17)18)19-6-8)12-3-1-7(2-4-12)11(15)16/h5-7H,1-4H2,(H,15,16). The highest BCUT2D eigenvalue weighted by molar-refractivity contribution is 7.13. The van der Waals surface area contributed by atoms with Gasteiger partial charge in [-0.15, -0.1) is 0 Å². The summed E-state index contributed by atoms with van der Waals surface area (Å²) in [7, 11) is 0. The van der Waals surface area contributed by atoms with E-state index in [1.54, 1.807) is 4.90 Å². The Morgan fingerprint density at radius 2 is 2.05 bits per heavy atom. The van der Waals surface area contributed by atoms with E-state index in [9.17, 15) is 19.7 Å². The van der Waals surface area contributed by atoms with E-state index in [0.29, 0.717) is 31.5 Å². The second-order valence-electron chi connectivity index (χ2n) is 4.34. The summed E-state index contributed by atoms with van der Waals surface area (Å²) in [6.45, 7) is 0.749. The topological polar surface area (TPSA) is 101 Å². The van der Waals surface area contributed by atoms with E-state index in [1.165, 1.54) is 11.4 Å². The maximum atomic E-state index is 12.1. The Hall–Kier alpha value is -1.96. The maximum absolute atomic E-state index is 12.1. The maximum Gasteiger partial charge on any atom is 0.324 e. The van der Waals surface area contributed by atoms with Gasteiger partial charge in [-0.2, -0.15) is 0 Å². The van der Waals surface area contributed by atoms with Crippen LogP contribution in [0, 0.1) is 16.0 Å². The molecule has 2 heterocycles. The Labute approximate surface area is 112 Å². The number of carboxylic acids is 1. The lowest BCUT2D eigenvalue weighted by atomic mass is 9.97. The molecule has 7 nitrogen and oxygen atoms in total. The molecule has 1 amide bonds. The number of hydrogen-bond donors (Lipinski definition) is 1. The highest BCUT2D eigenvalue weighted by Crippen LogP contribution is 2.25. The van der Waals surface area contributed by atoms with Gasteiger partial charge in [-0.3, -0.25) is 19.7 Å². The molecule has 0 atom stereocenters. The number of rotatable bonds is 3. The average molecular weight is 284 g/mol. The molecule has 102 valence electrons. The van der Waals surface area contributed by atoms with Gasteiger partial charge in [0.05, 0.1) is 16.4 Å². The average Bonchev–Trinajstić information content (AvgIpc) is 2.87. The van der Waals surface area contributed by atoms with Crippen molar-refractivity contribution in [2.75, 3.05) is 13.1 Å². The van der Waals surface area contributed by atoms with E-state index in [2.05, 4.69) is 0 Å². The molecule has 2 rings (SSSR count). The molecule has 0 saturated carbocycles. The van der Waals surface area contributed by atoms with E-state index in [0.717, 1.165) is 11.3 Å². The molecule has 0 radical (unpaired) electrons. The summed E-state index contributed by atoms with van der Waals surface area (Å²) in [4.78, 5) is 34.5. The molecule has 0 bridgehead atoms. The molecule has 1 aliphatic rings. The Morgan fingerprint density at radius 3 is 2.53 bits per heavy atom. The van der Waals surface area contributed by atoms with Gasteiger partial charge in [0.15, 0.2) is 0 Å². The number of amides is 1. The summed E-state index contributed by atoms with van der Waals surface area (Å²) in [5.41, 5.74) is 0.297. The summed E-state index contributed by atoms with van der Waals surface area (Å²) >= 11 is 0.915. The van der Waals surface area contributed by atoms with Crippen molar-refractivity contribution < 1.29 is 19.6 Å². The van der Waals surface area contributed by atoms with Crippen LogP contribution in [-0.2, 0) is 4.79 Å². The second-order valence-corrected chi connectivity index (χ2v) is 5.23. The van der Waals surface area contributed by atoms with Crippen LogP contribution < -0.4 is 0 Å². The number of nitro groups is 1. The number of hydrogen-bond acceptors (Lipinski definition) is 5. The molecule has 0 unspecified atom stereocenters. The van der Waals surface area contributed by atoms with Gasteiger partial charge < -0.3 is 10.0 Å². The van der Waals surface area contributed by atoms with Crippen LogP contribution in [-0.4, -0.2) is 39.9 Å². The first-order valence-electron chi connectivity index (χ1n) is 5.74. The molecule has 1 aromatic heterocycles. The van der Waals surface area contributed by atoms with Crippen molar-refractivity contribution >= 4 is 28.2 Å². The van der Waals surface area contributed by atoms with Crippen LogP contribution in [0.2, 0.25) is 0 Å². The van der Waals surface area contributed by atoms with Gasteiger partial charge in [0.1, 0.15) is 0 Å². The highest BCUT2D eigenvalue weighted by Gasteiger charge is 2.28. The number of likely N-dealkylation sites (tertiary alicyclic amines) is 1. The number of piperidine rings is 1. The fourth-order valence-corrected chi connectivity index (χ4v) is 2.74. The van der Waals surface area contributed by atoms with Crippen LogP contribution in [0.1, 0.15) is 23.2 Å². The van der Waals surface area contributed by atoms with Crippen molar-refractivity contribution in [1.29, 1.82) is 0 Å². The predicted molar refractivity (Wildman–Crippen MR) is 67.2 cm³/mol. The zero-order valence-electron chi connectivity index (χ0n) is 9.94. The van der Waals surface area contributed by atoms with Gasteiger partial charge in [0, 0.05) is 24.5 Å². The molecule has 1 aromatic rings.